The summed E-state index contributed by atoms with van der Waals surface area (Å²) in [6, 6.07) is 15.5. The number of halogens is 1. The molecule has 41 nitrogen and oxygen atoms in total. The number of anilines is 4. The second-order valence-electron chi connectivity index (χ2n) is 24.0. The van der Waals surface area contributed by atoms with Gasteiger partial charge in [0.05, 0.1) is 53.7 Å². The smallest absolute Gasteiger partial charge is 1.00 e. The fourth-order valence-corrected chi connectivity index (χ4v) is 10.1. The molecule has 13 N–H and O–H groups in total. The van der Waals surface area contributed by atoms with Crippen molar-refractivity contribution >= 4 is 172 Å². The SMILES string of the molecule is CC(C)(C)OC(=O)n1nc(I)c2cc([N+](=O)[O-])ccc21.CC(C)(C)OC(=O)n1nc(NC2CCC(=O)NC2=O)c2cc([N+](=O)[O-])ccc21.NC1CCC(=O)NC1=O.Nc1ccc2[nH]nc(NC3CCC(=O)NC3=O)c2c1.O=C1CCC(Nc2n[nH]c3ccc([N+](=O)[O-])cc23)C(=O)N1.O=CO[O-].[2H]CC.[Cs+].[Cs+].[H-]. The van der Waals surface area contributed by atoms with E-state index in [9.17, 15) is 78.3 Å². The largest absolute Gasteiger partial charge is 1.00 e. The number of hydrogen-bond acceptors (Lipinski definition) is 30. The Morgan fingerprint density at radius 2 is 0.924 bits per heavy atom. The Morgan fingerprint density at radius 1 is 0.581 bits per heavy atom. The molecule has 0 radical (unpaired) electrons. The molecule has 105 heavy (non-hydrogen) atoms. The van der Waals surface area contributed by atoms with E-state index in [2.05, 4.69) is 72.7 Å². The van der Waals surface area contributed by atoms with Crippen LogP contribution in [0.1, 0.15) is 110 Å². The number of nitrogens with zero attached hydrogens (tertiary/aromatic N) is 9. The number of nitrogens with one attached hydrogen (secondary N) is 9. The summed E-state index contributed by atoms with van der Waals surface area (Å²) in [5.74, 6) is -1.74. The maximum absolute atomic E-state index is 12.5. The van der Waals surface area contributed by atoms with E-state index in [0.717, 1.165) is 20.3 Å². The number of rotatable bonds is 10. The molecule has 4 saturated heterocycles. The van der Waals surface area contributed by atoms with Gasteiger partial charge in [-0.05, 0) is 126 Å². The number of carbonyl (C=O) groups excluding carboxylic acids is 11. The number of H-pyrrole nitrogens is 2. The molecular formula is C61H71Cs2IN20O21. The molecule has 4 atom stereocenters. The second-order valence-corrected chi connectivity index (χ2v) is 25.0. The minimum Gasteiger partial charge on any atom is -1.00 e. The zero-order valence-electron chi connectivity index (χ0n) is 59.8. The first kappa shape index (κ1) is 87.5. The zero-order chi connectivity index (χ0) is 77.1. The molecule has 8 heterocycles. The van der Waals surface area contributed by atoms with Crippen molar-refractivity contribution < 1.29 is 228 Å². The quantitative estimate of drug-likeness (QED) is 0.0144. The number of nitrogens with two attached hydrogens (primary N) is 2. The molecule has 4 aromatic carbocycles. The van der Waals surface area contributed by atoms with Gasteiger partial charge in [0.15, 0.2) is 17.5 Å². The number of nitrogen functional groups attached to an aromatic ring is 1. The van der Waals surface area contributed by atoms with E-state index in [1.165, 1.54) is 48.5 Å². The number of benzene rings is 4. The van der Waals surface area contributed by atoms with Gasteiger partial charge in [0.2, 0.25) is 47.3 Å². The Morgan fingerprint density at radius 3 is 1.30 bits per heavy atom. The van der Waals surface area contributed by atoms with Crippen molar-refractivity contribution in [2.45, 2.75) is 142 Å². The van der Waals surface area contributed by atoms with Crippen LogP contribution in [0.3, 0.4) is 0 Å². The third-order valence-electron chi connectivity index (χ3n) is 14.2. The van der Waals surface area contributed by atoms with Crippen LogP contribution in [0.2, 0.25) is 0 Å². The molecule has 8 aromatic rings. The predicted molar refractivity (Wildman–Crippen MR) is 371 cm³/mol. The topological polar surface area (TPSA) is 597 Å². The average Bonchev–Trinajstić information content (AvgIpc) is 1.65. The summed E-state index contributed by atoms with van der Waals surface area (Å²) in [6.07, 6.45) is 1.24. The molecule has 4 unspecified atom stereocenters. The fourth-order valence-electron chi connectivity index (χ4n) is 9.46. The van der Waals surface area contributed by atoms with Crippen molar-refractivity contribution in [2.24, 2.45) is 5.73 Å². The molecule has 0 aliphatic carbocycles. The summed E-state index contributed by atoms with van der Waals surface area (Å²) in [7, 11) is 0. The molecule has 4 fully saturated rings. The fraction of sp³-hybridized carbons (Fsp3) is 0.361. The molecular weight excluding hydrogens is 1740 g/mol. The normalized spacial score (nSPS) is 16.8. The standard InChI is InChI=1S/C17H19N5O6.C12H12IN3O4.C12H11N5O4.C12H13N5O2.C5H8N2O2.C2H6.CH2O3.2Cs.H/c1-17(2,3)28-16(25)21-12-6-4-9(22(26)27)8-10(12)14(20-21)18-11-5-7-13(23)19-15(11)24;1-12(2,3)20-11(17)15-9-5-4-7(16(18)19)6-8(9)10(13)14-15;18-10-4-3-9(12(19)14-10)13-11-7-5-6(17(20)21)1-2-8(7)15-16-11;13-6-1-2-8-7(5-6)11(17-16-8)14-9-3-4-10(18)15-12(9)19;6-3-1-2-4(8)7-5(3)9;1-2;2-1-4-3;;;/h4,6,8,11H,5,7H2,1-3H3,(H,18,20)(H,19,23,24);4-6H,1-3H3;1-2,5,9H,3-4H2,(H2,13,15,16)(H,14,18,19);1-2,5,9H,3-4,13H2,(H2,14,16,17)(H,15,18,19);3H,1-2,6H2,(H,7,8,9);1-2H3;1,3H;;;/q;;;;;;;2*+1;-1/p-1/i;;;;;1D;;;;. The van der Waals surface area contributed by atoms with E-state index >= 15 is 0 Å². The maximum Gasteiger partial charge on any atom is 1.00 e. The van der Waals surface area contributed by atoms with Crippen LogP contribution < -0.4 is 192 Å². The molecule has 0 bridgehead atoms. The van der Waals surface area contributed by atoms with Gasteiger partial charge in [0.25, 0.3) is 23.5 Å². The maximum atomic E-state index is 12.5. The molecule has 0 spiro atoms. The van der Waals surface area contributed by atoms with Crippen molar-refractivity contribution in [1.29, 1.82) is 0 Å². The van der Waals surface area contributed by atoms with Crippen LogP contribution in [0.5, 0.6) is 0 Å². The van der Waals surface area contributed by atoms with E-state index in [1.54, 1.807) is 66.7 Å². The summed E-state index contributed by atoms with van der Waals surface area (Å²) in [5, 5.41) is 83.0. The number of fused-ring (bicyclic) bond motifs is 4. The van der Waals surface area contributed by atoms with Crippen molar-refractivity contribution in [3.8, 4) is 0 Å². The van der Waals surface area contributed by atoms with Gasteiger partial charge in [-0.1, -0.05) is 13.8 Å². The van der Waals surface area contributed by atoms with Gasteiger partial charge in [0, 0.05) is 79.9 Å². The molecule has 4 aliphatic rings. The third kappa shape index (κ3) is 25.8. The first-order chi connectivity index (χ1) is 48.9. The van der Waals surface area contributed by atoms with Crippen molar-refractivity contribution in [2.75, 3.05) is 21.7 Å². The number of aromatic amines is 2. The number of ether oxygens (including phenoxy) is 2. The van der Waals surface area contributed by atoms with E-state index in [-0.39, 0.29) is 234 Å². The first-order valence-corrected chi connectivity index (χ1v) is 31.8. The number of aromatic nitrogens is 8. The first-order valence-electron chi connectivity index (χ1n) is 31.4. The predicted octanol–water partition coefficient (Wildman–Crippen LogP) is -1.34. The van der Waals surface area contributed by atoms with E-state index in [4.69, 9.17) is 32.4 Å². The van der Waals surface area contributed by atoms with Gasteiger partial charge in [0.1, 0.15) is 33.0 Å². The molecule has 44 heteroatoms. The minimum atomic E-state index is -0.770. The number of hydrogen-bond donors (Lipinski definition) is 11. The van der Waals surface area contributed by atoms with Gasteiger partial charge in [-0.2, -0.15) is 24.7 Å². The van der Waals surface area contributed by atoms with Crippen LogP contribution in [0, 0.1) is 34.0 Å². The molecule has 0 saturated carbocycles. The molecule has 4 aliphatic heterocycles. The van der Waals surface area contributed by atoms with Crippen LogP contribution >= 0.6 is 22.6 Å². The summed E-state index contributed by atoms with van der Waals surface area (Å²) in [4.78, 5) is 157. The van der Waals surface area contributed by atoms with E-state index < -0.39 is 74.1 Å². The minimum absolute atomic E-state index is 0. The Labute approximate surface area is 727 Å². The summed E-state index contributed by atoms with van der Waals surface area (Å²) >= 11 is 1.93. The Kier molecular flexibility index (Phi) is 33.8. The summed E-state index contributed by atoms with van der Waals surface area (Å²) in [5.41, 5.74) is 12.2. The number of nitro benzene ring substituents is 3. The average molecular weight is 1810 g/mol. The third-order valence-corrected chi connectivity index (χ3v) is 14.9. The van der Waals surface area contributed by atoms with Gasteiger partial charge in [-0.25, -0.2) is 9.59 Å². The zero-order valence-corrected chi connectivity index (χ0v) is 72.5. The number of nitro groups is 3. The van der Waals surface area contributed by atoms with Crippen molar-refractivity contribution in [1.82, 2.24) is 61.2 Å². The van der Waals surface area contributed by atoms with Crippen LogP contribution in [-0.4, -0.2) is 156 Å². The molecule has 12 rings (SSSR count). The molecule has 8 amide bonds. The second kappa shape index (κ2) is 40.6. The molecule has 4 aromatic heterocycles. The van der Waals surface area contributed by atoms with Crippen molar-refractivity contribution in [3.63, 3.8) is 0 Å². The van der Waals surface area contributed by atoms with Crippen LogP contribution in [0.15, 0.2) is 72.8 Å². The van der Waals surface area contributed by atoms with Crippen LogP contribution in [-0.2, 0) is 57.5 Å². The van der Waals surface area contributed by atoms with Crippen LogP contribution in [0.25, 0.3) is 43.6 Å². The Bertz CT molecular complexity index is 4640. The van der Waals surface area contributed by atoms with E-state index in [0.29, 0.717) is 81.8 Å². The Balaban J connectivity index is 0.000000345. The number of piperidine rings is 4. The molecule has 550 valence electrons. The summed E-state index contributed by atoms with van der Waals surface area (Å²) in [6.45, 7) is 12.5. The number of non-ortho nitro benzene ring substituents is 3. The van der Waals surface area contributed by atoms with Crippen molar-refractivity contribution in [3.05, 3.63) is 107 Å². The number of carbonyl (C=O) groups is 11. The van der Waals surface area contributed by atoms with Gasteiger partial charge >= 0.3 is 150 Å². The van der Waals surface area contributed by atoms with E-state index in [1.807, 2.05) is 28.7 Å². The number of imide groups is 4. The van der Waals surface area contributed by atoms with Gasteiger partial charge in [-0.15, -0.1) is 5.10 Å². The monoisotopic (exact) mass is 1810 g/mol. The Hall–Kier alpha value is -8.12. The van der Waals surface area contributed by atoms with Crippen LogP contribution in [0.4, 0.5) is 49.8 Å². The summed E-state index contributed by atoms with van der Waals surface area (Å²) < 4.78 is 19.4. The number of amides is 8. The van der Waals surface area contributed by atoms with Gasteiger partial charge < -0.3 is 48.5 Å². The van der Waals surface area contributed by atoms with Gasteiger partial charge in [-0.3, -0.25) is 105 Å².